The Balaban J connectivity index is 2.30. The number of rotatable bonds is 8. The normalized spacial score (nSPS) is 14.6. The molecule has 2 unspecified atom stereocenters. The van der Waals surface area contributed by atoms with E-state index in [1.165, 1.54) is 10.9 Å². The molecule has 1 aromatic heterocycles. The zero-order chi connectivity index (χ0) is 14.4. The van der Waals surface area contributed by atoms with Crippen LogP contribution in [0.5, 0.6) is 0 Å². The quantitative estimate of drug-likeness (QED) is 0.444. The van der Waals surface area contributed by atoms with Crippen LogP contribution in [0.3, 0.4) is 0 Å². The van der Waals surface area contributed by atoms with E-state index in [0.29, 0.717) is 6.54 Å². The van der Waals surface area contributed by atoms with E-state index >= 15 is 0 Å². The summed E-state index contributed by atoms with van der Waals surface area (Å²) in [4.78, 5) is 9.93. The highest BCUT2D eigenvalue weighted by Crippen LogP contribution is 2.08. The van der Waals surface area contributed by atoms with Gasteiger partial charge in [-0.3, -0.25) is 14.8 Å². The molecule has 0 aliphatic carbocycles. The summed E-state index contributed by atoms with van der Waals surface area (Å²) in [6, 6.07) is 0. The summed E-state index contributed by atoms with van der Waals surface area (Å²) in [6.45, 7) is 4.67. The highest BCUT2D eigenvalue weighted by Gasteiger charge is 2.13. The Kier molecular flexibility index (Phi) is 5.87. The number of aliphatic hydroxyl groups excluding tert-OH is 2. The summed E-state index contributed by atoms with van der Waals surface area (Å²) < 4.78 is 1.32. The number of hydrogen-bond acceptors (Lipinski definition) is 6. The molecule has 8 nitrogen and oxygen atoms in total. The highest BCUT2D eigenvalue weighted by atomic mass is 16.6. The fourth-order valence-electron chi connectivity index (χ4n) is 1.46. The Morgan fingerprint density at radius 3 is 2.68 bits per heavy atom. The maximum Gasteiger partial charge on any atom is 0.306 e. The zero-order valence-electron chi connectivity index (χ0n) is 11.1. The van der Waals surface area contributed by atoms with Crippen molar-refractivity contribution >= 4 is 5.69 Å². The molecule has 0 aliphatic heterocycles. The molecule has 0 spiro atoms. The van der Waals surface area contributed by atoms with Gasteiger partial charge in [0.2, 0.25) is 0 Å². The number of nitrogens with one attached hydrogen (secondary N) is 1. The van der Waals surface area contributed by atoms with Gasteiger partial charge in [0.1, 0.15) is 12.4 Å². The molecule has 1 aromatic rings. The summed E-state index contributed by atoms with van der Waals surface area (Å²) >= 11 is 0. The largest absolute Gasteiger partial charge is 0.392 e. The van der Waals surface area contributed by atoms with Crippen molar-refractivity contribution in [2.24, 2.45) is 5.92 Å². The van der Waals surface area contributed by atoms with Gasteiger partial charge in [-0.25, -0.2) is 0 Å². The second kappa shape index (κ2) is 7.17. The number of hydrogen-bond donors (Lipinski definition) is 3. The summed E-state index contributed by atoms with van der Waals surface area (Å²) in [7, 11) is 0. The van der Waals surface area contributed by atoms with Gasteiger partial charge in [0.25, 0.3) is 0 Å². The van der Waals surface area contributed by atoms with Gasteiger partial charge in [-0.2, -0.15) is 5.10 Å². The Morgan fingerprint density at radius 2 is 2.16 bits per heavy atom. The van der Waals surface area contributed by atoms with Crippen molar-refractivity contribution < 1.29 is 15.1 Å². The third-order valence-corrected chi connectivity index (χ3v) is 2.73. The molecule has 0 bridgehead atoms. The molecule has 0 aliphatic rings. The first kappa shape index (κ1) is 15.5. The van der Waals surface area contributed by atoms with Gasteiger partial charge in [0.05, 0.1) is 23.7 Å². The Labute approximate surface area is 111 Å². The number of aliphatic hydroxyl groups is 2. The van der Waals surface area contributed by atoms with E-state index in [2.05, 4.69) is 10.4 Å². The molecule has 8 heteroatoms. The van der Waals surface area contributed by atoms with Gasteiger partial charge in [-0.1, -0.05) is 13.8 Å². The van der Waals surface area contributed by atoms with Crippen LogP contribution in [-0.2, 0) is 6.54 Å². The molecule has 0 aromatic carbocycles. The zero-order valence-corrected chi connectivity index (χ0v) is 11.1. The van der Waals surface area contributed by atoms with Crippen molar-refractivity contribution in [1.82, 2.24) is 15.1 Å². The molecule has 0 saturated heterocycles. The minimum absolute atomic E-state index is 0.101. The van der Waals surface area contributed by atoms with Crippen LogP contribution in [0.1, 0.15) is 13.8 Å². The average molecular weight is 272 g/mol. The lowest BCUT2D eigenvalue weighted by molar-refractivity contribution is -0.385. The van der Waals surface area contributed by atoms with E-state index in [-0.39, 0.29) is 24.7 Å². The van der Waals surface area contributed by atoms with Crippen LogP contribution < -0.4 is 5.32 Å². The lowest BCUT2D eigenvalue weighted by Crippen LogP contribution is -2.36. The molecule has 1 heterocycles. The van der Waals surface area contributed by atoms with Crippen LogP contribution >= 0.6 is 0 Å². The first-order chi connectivity index (χ1) is 8.90. The van der Waals surface area contributed by atoms with E-state index in [0.717, 1.165) is 6.20 Å². The number of nitrogens with zero attached hydrogens (tertiary/aromatic N) is 3. The summed E-state index contributed by atoms with van der Waals surface area (Å²) in [5, 5.41) is 36.5. The minimum Gasteiger partial charge on any atom is -0.392 e. The standard InChI is InChI=1S/C11H20N4O4/c1-8(2)11(17)5-12-4-10(16)7-14-6-9(3-13-14)15(18)19/h3,6,8,10-12,16-17H,4-5,7H2,1-2H3. The van der Waals surface area contributed by atoms with Crippen molar-refractivity contribution in [3.8, 4) is 0 Å². The van der Waals surface area contributed by atoms with E-state index in [1.807, 2.05) is 13.8 Å². The maximum absolute atomic E-state index is 10.5. The Morgan fingerprint density at radius 1 is 1.47 bits per heavy atom. The Bertz CT molecular complexity index is 407. The van der Waals surface area contributed by atoms with Gasteiger partial charge in [-0.05, 0) is 5.92 Å². The van der Waals surface area contributed by atoms with Crippen LogP contribution in [0, 0.1) is 16.0 Å². The first-order valence-corrected chi connectivity index (χ1v) is 6.14. The number of nitro groups is 1. The first-order valence-electron chi connectivity index (χ1n) is 6.14. The van der Waals surface area contributed by atoms with Crippen molar-refractivity contribution in [1.29, 1.82) is 0 Å². The van der Waals surface area contributed by atoms with Gasteiger partial charge in [0, 0.05) is 13.1 Å². The van der Waals surface area contributed by atoms with Crippen LogP contribution in [0.25, 0.3) is 0 Å². The lowest BCUT2D eigenvalue weighted by atomic mass is 10.1. The smallest absolute Gasteiger partial charge is 0.306 e. The van der Waals surface area contributed by atoms with E-state index in [9.17, 15) is 20.3 Å². The van der Waals surface area contributed by atoms with Crippen molar-refractivity contribution in [2.75, 3.05) is 13.1 Å². The van der Waals surface area contributed by atoms with E-state index in [1.54, 1.807) is 0 Å². The van der Waals surface area contributed by atoms with Crippen molar-refractivity contribution in [3.05, 3.63) is 22.5 Å². The monoisotopic (exact) mass is 272 g/mol. The third kappa shape index (κ3) is 5.33. The molecule has 2 atom stereocenters. The highest BCUT2D eigenvalue weighted by molar-refractivity contribution is 5.20. The van der Waals surface area contributed by atoms with Crippen LogP contribution in [0.4, 0.5) is 5.69 Å². The topological polar surface area (TPSA) is 113 Å². The molecular formula is C11H20N4O4. The minimum atomic E-state index is -0.723. The van der Waals surface area contributed by atoms with Gasteiger partial charge >= 0.3 is 5.69 Å². The second-order valence-corrected chi connectivity index (χ2v) is 4.80. The van der Waals surface area contributed by atoms with Crippen molar-refractivity contribution in [2.45, 2.75) is 32.6 Å². The molecule has 0 amide bonds. The third-order valence-electron chi connectivity index (χ3n) is 2.73. The molecule has 0 fully saturated rings. The molecule has 1 rings (SSSR count). The maximum atomic E-state index is 10.5. The Hall–Kier alpha value is -1.51. The van der Waals surface area contributed by atoms with Crippen molar-refractivity contribution in [3.63, 3.8) is 0 Å². The predicted molar refractivity (Wildman–Crippen MR) is 68.6 cm³/mol. The molecular weight excluding hydrogens is 252 g/mol. The second-order valence-electron chi connectivity index (χ2n) is 4.80. The fourth-order valence-corrected chi connectivity index (χ4v) is 1.46. The van der Waals surface area contributed by atoms with Crippen LogP contribution in [-0.4, -0.2) is 50.2 Å². The summed E-state index contributed by atoms with van der Waals surface area (Å²) in [6.07, 6.45) is 1.23. The molecule has 19 heavy (non-hydrogen) atoms. The predicted octanol–water partition coefficient (Wildman–Crippen LogP) is -0.241. The summed E-state index contributed by atoms with van der Waals surface area (Å²) in [5.41, 5.74) is -0.101. The van der Waals surface area contributed by atoms with E-state index in [4.69, 9.17) is 0 Å². The average Bonchev–Trinajstić information content (AvgIpc) is 2.77. The lowest BCUT2D eigenvalue weighted by Gasteiger charge is -2.17. The van der Waals surface area contributed by atoms with Gasteiger partial charge in [-0.15, -0.1) is 0 Å². The molecule has 108 valence electrons. The summed E-state index contributed by atoms with van der Waals surface area (Å²) in [5.74, 6) is 0.151. The van der Waals surface area contributed by atoms with Gasteiger partial charge in [0.15, 0.2) is 0 Å². The SMILES string of the molecule is CC(C)C(O)CNCC(O)Cn1cc([N+](=O)[O-])cn1. The molecule has 3 N–H and O–H groups in total. The fraction of sp³-hybridized carbons (Fsp3) is 0.727. The molecule has 0 radical (unpaired) electrons. The molecule has 0 saturated carbocycles. The van der Waals surface area contributed by atoms with Crippen LogP contribution in [0.15, 0.2) is 12.4 Å². The van der Waals surface area contributed by atoms with Crippen LogP contribution in [0.2, 0.25) is 0 Å². The number of aromatic nitrogens is 2. The van der Waals surface area contributed by atoms with Gasteiger partial charge < -0.3 is 15.5 Å². The van der Waals surface area contributed by atoms with E-state index < -0.39 is 17.1 Å².